The molecule has 156 valence electrons. The Morgan fingerprint density at radius 2 is 1.77 bits per heavy atom. The molecule has 2 aliphatic rings. The lowest BCUT2D eigenvalue weighted by Gasteiger charge is -2.31. The molecule has 2 aliphatic heterocycles. The highest BCUT2D eigenvalue weighted by Crippen LogP contribution is 2.21. The summed E-state index contributed by atoms with van der Waals surface area (Å²) in [4.78, 5) is 29.7. The minimum absolute atomic E-state index is 0.0211. The van der Waals surface area contributed by atoms with E-state index in [0.717, 1.165) is 11.1 Å². The minimum Gasteiger partial charge on any atom is -0.379 e. The number of ether oxygens (including phenoxy) is 1. The Morgan fingerprint density at radius 3 is 2.53 bits per heavy atom. The van der Waals surface area contributed by atoms with Gasteiger partial charge in [-0.05, 0) is 24.1 Å². The van der Waals surface area contributed by atoms with Crippen LogP contribution < -0.4 is 0 Å². The number of amides is 2. The summed E-state index contributed by atoms with van der Waals surface area (Å²) in [6, 6.07) is 17.8. The molecule has 2 saturated heterocycles. The third kappa shape index (κ3) is 4.97. The average molecular weight is 405 g/mol. The molecule has 2 aromatic carbocycles. The Hall–Kier alpha value is -2.92. The number of hydrogen-bond donors (Lipinski definition) is 0. The fraction of sp³-hybridized carbons (Fsp3) is 0.360. The molecule has 2 bridgehead atoms. The number of hydrogen-bond acceptors (Lipinski definition) is 3. The second kappa shape index (κ2) is 9.26. The molecular formula is C25H28N2O3. The van der Waals surface area contributed by atoms with Crippen LogP contribution in [0.3, 0.4) is 0 Å². The summed E-state index contributed by atoms with van der Waals surface area (Å²) >= 11 is 0. The van der Waals surface area contributed by atoms with Crippen LogP contribution in [0.1, 0.15) is 16.7 Å². The van der Waals surface area contributed by atoms with Crippen molar-refractivity contribution in [3.8, 4) is 0 Å². The third-order valence-corrected chi connectivity index (χ3v) is 5.80. The second-order valence-corrected chi connectivity index (χ2v) is 8.25. The normalized spacial score (nSPS) is 21.5. The Kier molecular flexibility index (Phi) is 6.29. The predicted octanol–water partition coefficient (Wildman–Crippen LogP) is 2.94. The molecule has 30 heavy (non-hydrogen) atoms. The largest absolute Gasteiger partial charge is 0.379 e. The number of nitrogens with zero attached hydrogens (tertiary/aromatic N) is 2. The van der Waals surface area contributed by atoms with Gasteiger partial charge in [-0.3, -0.25) is 9.59 Å². The molecule has 2 atom stereocenters. The zero-order valence-electron chi connectivity index (χ0n) is 17.4. The Morgan fingerprint density at radius 1 is 1.00 bits per heavy atom. The minimum atomic E-state index is -0.118. The smallest absolute Gasteiger partial charge is 0.246 e. The molecule has 5 nitrogen and oxygen atoms in total. The molecule has 2 heterocycles. The van der Waals surface area contributed by atoms with E-state index in [0.29, 0.717) is 39.3 Å². The molecular weight excluding hydrogens is 376 g/mol. The zero-order chi connectivity index (χ0) is 20.9. The van der Waals surface area contributed by atoms with Crippen molar-refractivity contribution in [3.05, 3.63) is 77.4 Å². The van der Waals surface area contributed by atoms with E-state index in [1.807, 2.05) is 77.4 Å². The van der Waals surface area contributed by atoms with Crippen molar-refractivity contribution in [1.82, 2.24) is 9.80 Å². The van der Waals surface area contributed by atoms with E-state index in [1.54, 1.807) is 6.08 Å². The van der Waals surface area contributed by atoms with Gasteiger partial charge >= 0.3 is 0 Å². The van der Waals surface area contributed by atoms with Gasteiger partial charge in [0, 0.05) is 31.6 Å². The van der Waals surface area contributed by atoms with Crippen molar-refractivity contribution in [2.75, 3.05) is 32.8 Å². The van der Waals surface area contributed by atoms with Crippen LogP contribution in [0.5, 0.6) is 0 Å². The Labute approximate surface area is 177 Å². The van der Waals surface area contributed by atoms with Crippen molar-refractivity contribution in [3.63, 3.8) is 0 Å². The molecule has 2 fully saturated rings. The average Bonchev–Trinajstić information content (AvgIpc) is 3.06. The highest BCUT2D eigenvalue weighted by Gasteiger charge is 2.36. The number of benzene rings is 2. The lowest BCUT2D eigenvalue weighted by molar-refractivity contribution is -0.134. The van der Waals surface area contributed by atoms with E-state index in [-0.39, 0.29) is 23.8 Å². The number of fused-ring (bicyclic) bond motifs is 3. The SMILES string of the molecule is Cc1ccc(CC(=O)N2C[C@@H]3COC[C@H](C2)N(C(=O)C=Cc2ccccc2)C3)cc1. The maximum atomic E-state index is 13.0. The van der Waals surface area contributed by atoms with Crippen LogP contribution in [0, 0.1) is 12.8 Å². The van der Waals surface area contributed by atoms with E-state index < -0.39 is 0 Å². The topological polar surface area (TPSA) is 49.9 Å². The van der Waals surface area contributed by atoms with Gasteiger partial charge in [0.1, 0.15) is 0 Å². The van der Waals surface area contributed by atoms with Gasteiger partial charge < -0.3 is 14.5 Å². The number of carbonyl (C=O) groups is 2. The van der Waals surface area contributed by atoms with Gasteiger partial charge in [-0.1, -0.05) is 60.2 Å². The summed E-state index contributed by atoms with van der Waals surface area (Å²) in [7, 11) is 0. The van der Waals surface area contributed by atoms with Crippen LogP contribution in [0.25, 0.3) is 6.08 Å². The van der Waals surface area contributed by atoms with Crippen LogP contribution in [0.15, 0.2) is 60.7 Å². The summed E-state index contributed by atoms with van der Waals surface area (Å²) in [6.45, 7) is 4.86. The van der Waals surface area contributed by atoms with E-state index in [1.165, 1.54) is 5.56 Å². The van der Waals surface area contributed by atoms with Crippen LogP contribution in [-0.4, -0.2) is 60.5 Å². The van der Waals surface area contributed by atoms with Crippen molar-refractivity contribution in [2.45, 2.75) is 19.4 Å². The number of rotatable bonds is 4. The van der Waals surface area contributed by atoms with E-state index >= 15 is 0 Å². The molecule has 0 N–H and O–H groups in total. The first-order valence-electron chi connectivity index (χ1n) is 10.5. The summed E-state index contributed by atoms with van der Waals surface area (Å²) in [5.41, 5.74) is 3.20. The van der Waals surface area contributed by atoms with Crippen LogP contribution >= 0.6 is 0 Å². The molecule has 0 radical (unpaired) electrons. The quantitative estimate of drug-likeness (QED) is 0.737. The first-order valence-corrected chi connectivity index (χ1v) is 10.5. The van der Waals surface area contributed by atoms with Crippen LogP contribution in [0.2, 0.25) is 0 Å². The third-order valence-electron chi connectivity index (χ3n) is 5.80. The van der Waals surface area contributed by atoms with Crippen molar-refractivity contribution in [2.24, 2.45) is 5.92 Å². The predicted molar refractivity (Wildman–Crippen MR) is 117 cm³/mol. The standard InChI is InChI=1S/C25H28N2O3/c1-19-7-9-21(10-8-19)13-25(29)26-14-22-15-27(23(16-26)18-30-17-22)24(28)12-11-20-5-3-2-4-6-20/h2-12,22-23H,13-18H2,1H3/t22-,23-/m0/s1. The molecule has 0 spiro atoms. The molecule has 5 heteroatoms. The van der Waals surface area contributed by atoms with E-state index in [4.69, 9.17) is 4.74 Å². The van der Waals surface area contributed by atoms with E-state index in [9.17, 15) is 9.59 Å². The Balaban J connectivity index is 1.45. The summed E-state index contributed by atoms with van der Waals surface area (Å²) in [5.74, 6) is 0.227. The summed E-state index contributed by atoms with van der Waals surface area (Å²) in [5, 5.41) is 0. The zero-order valence-corrected chi connectivity index (χ0v) is 17.4. The maximum Gasteiger partial charge on any atom is 0.246 e. The van der Waals surface area contributed by atoms with Gasteiger partial charge in [0.05, 0.1) is 25.7 Å². The van der Waals surface area contributed by atoms with Gasteiger partial charge in [-0.25, -0.2) is 0 Å². The summed E-state index contributed by atoms with van der Waals surface area (Å²) in [6.07, 6.45) is 3.87. The first-order chi connectivity index (χ1) is 14.6. The Bertz CT molecular complexity index is 908. The molecule has 2 amide bonds. The highest BCUT2D eigenvalue weighted by molar-refractivity contribution is 5.92. The molecule has 0 aliphatic carbocycles. The van der Waals surface area contributed by atoms with Gasteiger partial charge in [-0.2, -0.15) is 0 Å². The van der Waals surface area contributed by atoms with Crippen molar-refractivity contribution < 1.29 is 14.3 Å². The van der Waals surface area contributed by atoms with Gasteiger partial charge in [0.15, 0.2) is 0 Å². The fourth-order valence-corrected chi connectivity index (χ4v) is 4.14. The maximum absolute atomic E-state index is 13.0. The number of aryl methyl sites for hydroxylation is 1. The molecule has 4 rings (SSSR count). The van der Waals surface area contributed by atoms with Crippen LogP contribution in [0.4, 0.5) is 0 Å². The lowest BCUT2D eigenvalue weighted by Crippen LogP contribution is -2.47. The lowest BCUT2D eigenvalue weighted by atomic mass is 10.1. The number of carbonyl (C=O) groups excluding carboxylic acids is 2. The van der Waals surface area contributed by atoms with Crippen LogP contribution in [-0.2, 0) is 20.7 Å². The molecule has 0 aromatic heterocycles. The molecule has 0 unspecified atom stereocenters. The highest BCUT2D eigenvalue weighted by atomic mass is 16.5. The van der Waals surface area contributed by atoms with Crippen molar-refractivity contribution >= 4 is 17.9 Å². The first kappa shape index (κ1) is 20.4. The summed E-state index contributed by atoms with van der Waals surface area (Å²) < 4.78 is 5.81. The molecule has 2 aromatic rings. The van der Waals surface area contributed by atoms with Gasteiger partial charge in [0.2, 0.25) is 11.8 Å². The van der Waals surface area contributed by atoms with Gasteiger partial charge in [0.25, 0.3) is 0 Å². The molecule has 0 saturated carbocycles. The second-order valence-electron chi connectivity index (χ2n) is 8.25. The van der Waals surface area contributed by atoms with E-state index in [2.05, 4.69) is 0 Å². The van der Waals surface area contributed by atoms with Gasteiger partial charge in [-0.15, -0.1) is 0 Å². The fourth-order valence-electron chi connectivity index (χ4n) is 4.14. The van der Waals surface area contributed by atoms with Crippen molar-refractivity contribution in [1.29, 1.82) is 0 Å². The monoisotopic (exact) mass is 404 g/mol.